The van der Waals surface area contributed by atoms with Gasteiger partial charge in [-0.15, -0.1) is 0 Å². The van der Waals surface area contributed by atoms with Crippen LogP contribution in [0.4, 0.5) is 20.6 Å². The fraction of sp³-hybridized carbons (Fsp3) is 0.276. The summed E-state index contributed by atoms with van der Waals surface area (Å²) >= 11 is 0. The molecule has 1 saturated heterocycles. The van der Waals surface area contributed by atoms with Crippen molar-refractivity contribution in [2.75, 3.05) is 30.9 Å². The number of hydrogen-bond donors (Lipinski definition) is 2. The lowest BCUT2D eigenvalue weighted by atomic mass is 10.1. The number of likely N-dealkylation sites (tertiary alicyclic amines) is 1. The molecule has 8 nitrogen and oxygen atoms in total. The topological polar surface area (TPSA) is 97.0 Å². The number of carbonyl (C=O) groups is 3. The summed E-state index contributed by atoms with van der Waals surface area (Å²) in [7, 11) is 1.29. The van der Waals surface area contributed by atoms with Crippen LogP contribution in [0.15, 0.2) is 72.8 Å². The molecule has 0 bridgehead atoms. The molecule has 1 heterocycles. The van der Waals surface area contributed by atoms with Crippen molar-refractivity contribution in [3.63, 3.8) is 0 Å². The number of para-hydroxylation sites is 1. The number of halogens is 1. The Hall–Kier alpha value is -4.40. The molecule has 198 valence electrons. The van der Waals surface area contributed by atoms with E-state index >= 15 is 4.39 Å². The van der Waals surface area contributed by atoms with Gasteiger partial charge in [0.2, 0.25) is 11.7 Å². The Morgan fingerprint density at radius 3 is 2.37 bits per heavy atom. The molecule has 3 aromatic carbocycles. The van der Waals surface area contributed by atoms with Crippen LogP contribution in [-0.2, 0) is 16.0 Å². The maximum Gasteiger partial charge on any atom is 0.337 e. The summed E-state index contributed by atoms with van der Waals surface area (Å²) in [5.41, 5.74) is 3.30. The number of amides is 3. The summed E-state index contributed by atoms with van der Waals surface area (Å²) in [5, 5.41) is 5.56. The van der Waals surface area contributed by atoms with Crippen molar-refractivity contribution < 1.29 is 28.2 Å². The minimum atomic E-state index is -1.92. The van der Waals surface area contributed by atoms with Gasteiger partial charge in [0, 0.05) is 24.3 Å². The van der Waals surface area contributed by atoms with Crippen molar-refractivity contribution in [2.45, 2.75) is 32.0 Å². The van der Waals surface area contributed by atoms with Gasteiger partial charge < -0.3 is 25.0 Å². The molecule has 1 fully saturated rings. The molecule has 0 saturated carbocycles. The zero-order valence-corrected chi connectivity index (χ0v) is 21.3. The zero-order valence-electron chi connectivity index (χ0n) is 21.3. The average Bonchev–Trinajstić information content (AvgIpc) is 3.31. The second kappa shape index (κ2) is 11.8. The van der Waals surface area contributed by atoms with Crippen LogP contribution in [-0.4, -0.2) is 48.9 Å². The van der Waals surface area contributed by atoms with Crippen molar-refractivity contribution in [3.8, 4) is 5.75 Å². The molecule has 0 aliphatic carbocycles. The summed E-state index contributed by atoms with van der Waals surface area (Å²) in [6.07, 6.45) is 0.735. The van der Waals surface area contributed by atoms with E-state index in [4.69, 9.17) is 4.74 Å². The molecule has 2 N–H and O–H groups in total. The van der Waals surface area contributed by atoms with E-state index in [2.05, 4.69) is 15.4 Å². The van der Waals surface area contributed by atoms with Gasteiger partial charge in [0.25, 0.3) is 0 Å². The van der Waals surface area contributed by atoms with Crippen LogP contribution in [0.1, 0.15) is 34.3 Å². The second-order valence-corrected chi connectivity index (χ2v) is 9.14. The molecule has 0 unspecified atom stereocenters. The van der Waals surface area contributed by atoms with Crippen LogP contribution in [0.2, 0.25) is 0 Å². The predicted octanol–water partition coefficient (Wildman–Crippen LogP) is 5.34. The molecular weight excluding hydrogens is 489 g/mol. The lowest BCUT2D eigenvalue weighted by molar-refractivity contribution is -0.144. The van der Waals surface area contributed by atoms with Gasteiger partial charge in [-0.3, -0.25) is 4.79 Å². The highest BCUT2D eigenvalue weighted by Crippen LogP contribution is 2.32. The monoisotopic (exact) mass is 519 g/mol. The highest BCUT2D eigenvalue weighted by molar-refractivity contribution is 6.00. The van der Waals surface area contributed by atoms with Crippen LogP contribution >= 0.6 is 0 Å². The van der Waals surface area contributed by atoms with Crippen molar-refractivity contribution in [1.82, 2.24) is 4.90 Å². The third kappa shape index (κ3) is 6.47. The quantitative estimate of drug-likeness (QED) is 0.310. The highest BCUT2D eigenvalue weighted by atomic mass is 19.1. The molecular formula is C29H30FN3O5. The van der Waals surface area contributed by atoms with Crippen molar-refractivity contribution >= 4 is 29.3 Å². The number of benzene rings is 3. The van der Waals surface area contributed by atoms with Crippen LogP contribution in [0, 0.1) is 6.92 Å². The Balaban J connectivity index is 1.31. The van der Waals surface area contributed by atoms with Gasteiger partial charge >= 0.3 is 12.0 Å². The number of rotatable bonds is 8. The van der Waals surface area contributed by atoms with E-state index in [0.717, 1.165) is 11.3 Å². The van der Waals surface area contributed by atoms with E-state index < -0.39 is 11.8 Å². The predicted molar refractivity (Wildman–Crippen MR) is 142 cm³/mol. The van der Waals surface area contributed by atoms with Gasteiger partial charge in [-0.2, -0.15) is 0 Å². The number of alkyl halides is 1. The number of anilines is 2. The van der Waals surface area contributed by atoms with Gasteiger partial charge in [0.1, 0.15) is 12.4 Å². The number of methoxy groups -OCH3 is 1. The first-order valence-corrected chi connectivity index (χ1v) is 12.3. The Morgan fingerprint density at radius 2 is 1.68 bits per heavy atom. The van der Waals surface area contributed by atoms with Crippen molar-refractivity contribution in [1.29, 1.82) is 0 Å². The van der Waals surface area contributed by atoms with E-state index in [9.17, 15) is 14.4 Å². The van der Waals surface area contributed by atoms with E-state index in [0.29, 0.717) is 35.5 Å². The smallest absolute Gasteiger partial charge is 0.337 e. The Kier molecular flexibility index (Phi) is 8.25. The fourth-order valence-corrected chi connectivity index (χ4v) is 4.31. The van der Waals surface area contributed by atoms with Crippen LogP contribution in [0.3, 0.4) is 0 Å². The summed E-state index contributed by atoms with van der Waals surface area (Å²) in [4.78, 5) is 38.1. The largest absolute Gasteiger partial charge is 0.488 e. The molecule has 0 spiro atoms. The Bertz CT molecular complexity index is 1300. The van der Waals surface area contributed by atoms with E-state index in [1.54, 1.807) is 36.4 Å². The molecule has 9 heteroatoms. The van der Waals surface area contributed by atoms with Gasteiger partial charge in [0.05, 0.1) is 19.1 Å². The Morgan fingerprint density at radius 1 is 0.974 bits per heavy atom. The lowest BCUT2D eigenvalue weighted by Crippen LogP contribution is -2.48. The maximum atomic E-state index is 15.7. The van der Waals surface area contributed by atoms with E-state index in [1.807, 2.05) is 31.2 Å². The first-order valence-electron chi connectivity index (χ1n) is 12.3. The van der Waals surface area contributed by atoms with Crippen LogP contribution < -0.4 is 15.4 Å². The van der Waals surface area contributed by atoms with Crippen LogP contribution in [0.5, 0.6) is 5.75 Å². The molecule has 0 radical (unpaired) electrons. The molecule has 3 aromatic rings. The van der Waals surface area contributed by atoms with E-state index in [1.165, 1.54) is 24.1 Å². The van der Waals surface area contributed by atoms with Gasteiger partial charge in [-0.1, -0.05) is 30.3 Å². The number of urea groups is 1. The number of hydrogen-bond acceptors (Lipinski definition) is 5. The normalized spacial score (nSPS) is 16.6. The second-order valence-electron chi connectivity index (χ2n) is 9.14. The lowest BCUT2D eigenvalue weighted by Gasteiger charge is -2.31. The molecule has 1 aliphatic heterocycles. The number of carbonyl (C=O) groups excluding carboxylic acids is 3. The third-order valence-corrected chi connectivity index (χ3v) is 6.42. The SMILES string of the molecule is COC(=O)c1ccc(OC[C@@]2(F)CCCN2C(=O)Cc2ccc(NC(=O)Nc3ccccc3C)cc2)cc1. The van der Waals surface area contributed by atoms with Gasteiger partial charge in [-0.25, -0.2) is 14.0 Å². The van der Waals surface area contributed by atoms with Crippen molar-refractivity contribution in [3.05, 3.63) is 89.5 Å². The zero-order chi connectivity index (χ0) is 27.1. The minimum absolute atomic E-state index is 0.0230. The number of nitrogens with zero attached hydrogens (tertiary/aromatic N) is 1. The first kappa shape index (κ1) is 26.7. The Labute approximate surface area is 220 Å². The number of aryl methyl sites for hydroxylation is 1. The summed E-state index contributed by atoms with van der Waals surface area (Å²) in [5.74, 6) is -2.34. The maximum absolute atomic E-state index is 15.7. The summed E-state index contributed by atoms with van der Waals surface area (Å²) in [6, 6.07) is 20.2. The first-order chi connectivity index (χ1) is 18.3. The summed E-state index contributed by atoms with van der Waals surface area (Å²) in [6.45, 7) is 1.90. The fourth-order valence-electron chi connectivity index (χ4n) is 4.31. The number of ether oxygens (including phenoxy) is 2. The molecule has 1 aliphatic rings. The summed E-state index contributed by atoms with van der Waals surface area (Å²) < 4.78 is 26.0. The molecule has 4 rings (SSSR count). The highest BCUT2D eigenvalue weighted by Gasteiger charge is 2.44. The molecule has 1 atom stereocenters. The van der Waals surface area contributed by atoms with E-state index in [-0.39, 0.29) is 31.4 Å². The van der Waals surface area contributed by atoms with Crippen molar-refractivity contribution in [2.24, 2.45) is 0 Å². The van der Waals surface area contributed by atoms with Gasteiger partial charge in [0.15, 0.2) is 0 Å². The average molecular weight is 520 g/mol. The third-order valence-electron chi connectivity index (χ3n) is 6.42. The molecule has 3 amide bonds. The number of esters is 1. The van der Waals surface area contributed by atoms with Gasteiger partial charge in [-0.05, 0) is 66.9 Å². The molecule has 0 aromatic heterocycles. The number of nitrogens with one attached hydrogen (secondary N) is 2. The standard InChI is InChI=1S/C29H30FN3O5/c1-20-6-3-4-7-25(20)32-28(36)31-23-12-8-21(9-13-23)18-26(34)33-17-5-16-29(33,30)19-38-24-14-10-22(11-15-24)27(35)37-2/h3-4,6-15H,5,16-19H2,1-2H3,(H2,31,32,36)/t29-/m1/s1. The minimum Gasteiger partial charge on any atom is -0.488 e. The van der Waals surface area contributed by atoms with Crippen LogP contribution in [0.25, 0.3) is 0 Å². The molecule has 38 heavy (non-hydrogen) atoms.